The fraction of sp³-hybridized carbons (Fsp3) is 0. The second-order valence-corrected chi connectivity index (χ2v) is 2.85. The monoisotopic (exact) mass is 232 g/mol. The Morgan fingerprint density at radius 1 is 1.73 bits per heavy atom. The van der Waals surface area contributed by atoms with Gasteiger partial charge in [-0.1, -0.05) is 11.6 Å². The van der Waals surface area contributed by atoms with Crippen LogP contribution in [0.5, 0.6) is 0 Å². The molecule has 0 fully saturated rings. The van der Waals surface area contributed by atoms with Gasteiger partial charge in [-0.05, 0) is 32.6 Å². The minimum Gasteiger partial charge on any atom is -0.253 e. The van der Waals surface area contributed by atoms with Crippen LogP contribution in [0, 0.1) is 0 Å². The van der Waals surface area contributed by atoms with Crippen molar-refractivity contribution in [3.8, 4) is 0 Å². The lowest BCUT2D eigenvalue weighted by atomic mass is 10.5. The third-order valence-electron chi connectivity index (χ3n) is 0.963. The van der Waals surface area contributed by atoms with Gasteiger partial charge >= 0.3 is 0 Å². The molecule has 11 heavy (non-hydrogen) atoms. The average Bonchev–Trinajstić information content (AvgIpc) is 1.99. The van der Waals surface area contributed by atoms with Crippen molar-refractivity contribution < 1.29 is 0 Å². The first-order valence-corrected chi connectivity index (χ1v) is 3.78. The Kier molecular flexibility index (Phi) is 2.70. The Morgan fingerprint density at radius 3 is 3.09 bits per heavy atom. The van der Waals surface area contributed by atoms with Crippen molar-refractivity contribution in [3.63, 3.8) is 0 Å². The van der Waals surface area contributed by atoms with Crippen LogP contribution in [-0.2, 0) is 0 Å². The number of hydrogen-bond donors (Lipinski definition) is 0. The zero-order chi connectivity index (χ0) is 8.27. The van der Waals surface area contributed by atoms with E-state index in [0.717, 1.165) is 0 Å². The second kappa shape index (κ2) is 3.57. The maximum absolute atomic E-state index is 8.08. The lowest BCUT2D eigenvalue weighted by Gasteiger charge is -1.95. The molecule has 1 rings (SSSR count). The molecule has 6 heteroatoms. The summed E-state index contributed by atoms with van der Waals surface area (Å²) in [6.07, 6.45) is 1.50. The van der Waals surface area contributed by atoms with E-state index >= 15 is 0 Å². The molecule has 0 bridgehead atoms. The highest BCUT2D eigenvalue weighted by Crippen LogP contribution is 2.29. The van der Waals surface area contributed by atoms with Crippen molar-refractivity contribution in [2.24, 2.45) is 5.11 Å². The predicted octanol–water partition coefficient (Wildman–Crippen LogP) is 3.44. The van der Waals surface area contributed by atoms with Crippen LogP contribution in [-0.4, -0.2) is 4.98 Å². The van der Waals surface area contributed by atoms with E-state index in [1.807, 2.05) is 0 Å². The van der Waals surface area contributed by atoms with E-state index in [1.54, 1.807) is 6.07 Å². The molecule has 1 aromatic heterocycles. The summed E-state index contributed by atoms with van der Waals surface area (Å²) >= 11 is 8.86. The molecule has 0 aromatic carbocycles. The highest BCUT2D eigenvalue weighted by atomic mass is 79.9. The number of nitrogens with zero attached hydrogens (tertiary/aromatic N) is 4. The summed E-state index contributed by atoms with van der Waals surface area (Å²) in [6.45, 7) is 0. The Labute approximate surface area is 76.0 Å². The normalized spacial score (nSPS) is 8.91. The van der Waals surface area contributed by atoms with E-state index in [-0.39, 0.29) is 5.82 Å². The molecule has 0 N–H and O–H groups in total. The number of rotatable bonds is 1. The van der Waals surface area contributed by atoms with Crippen molar-refractivity contribution in [2.45, 2.75) is 0 Å². The lowest BCUT2D eigenvalue weighted by molar-refractivity contribution is 1.25. The highest BCUT2D eigenvalue weighted by Gasteiger charge is 2.01. The van der Waals surface area contributed by atoms with Gasteiger partial charge in [0.25, 0.3) is 0 Å². The van der Waals surface area contributed by atoms with Crippen molar-refractivity contribution in [1.82, 2.24) is 4.98 Å². The molecule has 0 aliphatic rings. The maximum atomic E-state index is 8.08. The number of hydrogen-bond acceptors (Lipinski definition) is 2. The second-order valence-electron chi connectivity index (χ2n) is 1.62. The summed E-state index contributed by atoms with van der Waals surface area (Å²) in [5.41, 5.74) is 8.08. The minimum absolute atomic E-state index is 0.184. The largest absolute Gasteiger partial charge is 0.253 e. The molecule has 0 unspecified atom stereocenters. The predicted molar refractivity (Wildman–Crippen MR) is 45.8 cm³/mol. The SMILES string of the molecule is [N-]=[N+]=Nc1nccc(Br)c1Cl. The topological polar surface area (TPSA) is 61.7 Å². The fourth-order valence-corrected chi connectivity index (χ4v) is 0.967. The van der Waals surface area contributed by atoms with Gasteiger partial charge in [-0.25, -0.2) is 0 Å². The van der Waals surface area contributed by atoms with Gasteiger partial charge in [-0.2, -0.15) is 0 Å². The first-order valence-electron chi connectivity index (χ1n) is 2.61. The van der Waals surface area contributed by atoms with Crippen molar-refractivity contribution in [1.29, 1.82) is 0 Å². The number of aromatic nitrogens is 1. The molecular formula is C5H2BrClN4. The molecule has 0 aliphatic carbocycles. The molecule has 0 aliphatic heterocycles. The van der Waals surface area contributed by atoms with Crippen molar-refractivity contribution in [2.75, 3.05) is 0 Å². The van der Waals surface area contributed by atoms with E-state index in [0.29, 0.717) is 9.50 Å². The molecule has 4 nitrogen and oxygen atoms in total. The van der Waals surface area contributed by atoms with E-state index < -0.39 is 0 Å². The third kappa shape index (κ3) is 1.83. The molecule has 1 aromatic rings. The van der Waals surface area contributed by atoms with Crippen LogP contribution < -0.4 is 0 Å². The van der Waals surface area contributed by atoms with Gasteiger partial charge in [0, 0.05) is 15.6 Å². The standard InChI is InChI=1S/C5H2BrClN4/c6-3-1-2-9-5(4(3)7)10-11-8/h1-2H. The smallest absolute Gasteiger partial charge is 0.146 e. The quantitative estimate of drug-likeness (QED) is 0.416. The summed E-state index contributed by atoms with van der Waals surface area (Å²) < 4.78 is 0.663. The summed E-state index contributed by atoms with van der Waals surface area (Å²) in [5.74, 6) is 0.184. The van der Waals surface area contributed by atoms with Crippen LogP contribution in [0.15, 0.2) is 21.9 Å². The minimum atomic E-state index is 0.184. The average molecular weight is 233 g/mol. The molecule has 56 valence electrons. The Bertz CT molecular complexity index is 320. The third-order valence-corrected chi connectivity index (χ3v) is 2.22. The summed E-state index contributed by atoms with van der Waals surface area (Å²) in [6, 6.07) is 1.67. The van der Waals surface area contributed by atoms with Gasteiger partial charge in [-0.15, -0.1) is 0 Å². The van der Waals surface area contributed by atoms with Gasteiger partial charge < -0.3 is 0 Å². The van der Waals surface area contributed by atoms with Crippen LogP contribution in [0.2, 0.25) is 5.02 Å². The van der Waals surface area contributed by atoms with Gasteiger partial charge in [-0.3, -0.25) is 4.98 Å². The first kappa shape index (κ1) is 8.33. The van der Waals surface area contributed by atoms with Crippen molar-refractivity contribution in [3.05, 3.63) is 32.2 Å². The molecule has 1 heterocycles. The van der Waals surface area contributed by atoms with E-state index in [2.05, 4.69) is 30.9 Å². The zero-order valence-electron chi connectivity index (χ0n) is 5.20. The molecule has 0 saturated carbocycles. The summed E-state index contributed by atoms with van der Waals surface area (Å²) in [5, 5.41) is 3.60. The first-order chi connectivity index (χ1) is 5.25. The lowest BCUT2D eigenvalue weighted by Crippen LogP contribution is -1.74. The summed E-state index contributed by atoms with van der Waals surface area (Å²) in [7, 11) is 0. The Hall–Kier alpha value is -0.770. The molecular weight excluding hydrogens is 231 g/mol. The van der Waals surface area contributed by atoms with E-state index in [1.165, 1.54) is 6.20 Å². The number of azide groups is 1. The van der Waals surface area contributed by atoms with E-state index in [4.69, 9.17) is 17.1 Å². The zero-order valence-corrected chi connectivity index (χ0v) is 7.54. The molecule has 0 atom stereocenters. The van der Waals surface area contributed by atoms with Gasteiger partial charge in [0.2, 0.25) is 0 Å². The van der Waals surface area contributed by atoms with Crippen LogP contribution >= 0.6 is 27.5 Å². The highest BCUT2D eigenvalue weighted by molar-refractivity contribution is 9.10. The van der Waals surface area contributed by atoms with Gasteiger partial charge in [0.1, 0.15) is 5.82 Å². The van der Waals surface area contributed by atoms with Crippen LogP contribution in [0.3, 0.4) is 0 Å². The van der Waals surface area contributed by atoms with Crippen LogP contribution in [0.25, 0.3) is 10.4 Å². The van der Waals surface area contributed by atoms with Crippen molar-refractivity contribution >= 4 is 33.3 Å². The van der Waals surface area contributed by atoms with Crippen LogP contribution in [0.4, 0.5) is 5.82 Å². The van der Waals surface area contributed by atoms with Gasteiger partial charge in [0.05, 0.1) is 5.02 Å². The van der Waals surface area contributed by atoms with Gasteiger partial charge in [0.15, 0.2) is 0 Å². The van der Waals surface area contributed by atoms with E-state index in [9.17, 15) is 0 Å². The molecule has 0 amide bonds. The van der Waals surface area contributed by atoms with Crippen LogP contribution in [0.1, 0.15) is 0 Å². The Balaban J connectivity index is 3.26. The molecule has 0 radical (unpaired) electrons. The maximum Gasteiger partial charge on any atom is 0.146 e. The Morgan fingerprint density at radius 2 is 2.45 bits per heavy atom. The molecule has 0 spiro atoms. The molecule has 0 saturated heterocycles. The number of halogens is 2. The number of pyridine rings is 1. The summed E-state index contributed by atoms with van der Waals surface area (Å²) in [4.78, 5) is 6.31. The fourth-order valence-electron chi connectivity index (χ4n) is 0.522.